The number of fused-ring (bicyclic) bond motifs is 1. The zero-order valence-corrected chi connectivity index (χ0v) is 9.45. The molecule has 0 aliphatic carbocycles. The molecule has 0 fully saturated rings. The highest BCUT2D eigenvalue weighted by atomic mass is 15.2. The Hall–Kier alpha value is -1.53. The first-order valence-corrected chi connectivity index (χ1v) is 5.82. The summed E-state index contributed by atoms with van der Waals surface area (Å²) in [6.07, 6.45) is 1.59. The van der Waals surface area contributed by atoms with E-state index in [9.17, 15) is 0 Å². The quantitative estimate of drug-likeness (QED) is 0.783. The first kappa shape index (κ1) is 11.0. The van der Waals surface area contributed by atoms with Crippen molar-refractivity contribution in [2.45, 2.75) is 19.4 Å². The summed E-state index contributed by atoms with van der Waals surface area (Å²) in [4.78, 5) is 2.38. The third kappa shape index (κ3) is 2.53. The van der Waals surface area contributed by atoms with Crippen LogP contribution in [0.2, 0.25) is 0 Å². The van der Waals surface area contributed by atoms with Gasteiger partial charge in [0.25, 0.3) is 0 Å². The van der Waals surface area contributed by atoms with Crippen LogP contribution in [0, 0.1) is 11.3 Å². The topological polar surface area (TPSA) is 39.1 Å². The molecule has 0 atom stereocenters. The molecule has 1 aliphatic rings. The van der Waals surface area contributed by atoms with E-state index in [0.717, 1.165) is 32.6 Å². The maximum atomic E-state index is 8.57. The number of para-hydroxylation sites is 1. The summed E-state index contributed by atoms with van der Waals surface area (Å²) in [5, 5.41) is 12.0. The zero-order valence-electron chi connectivity index (χ0n) is 9.45. The Morgan fingerprint density at radius 2 is 2.25 bits per heavy atom. The molecule has 0 saturated heterocycles. The van der Waals surface area contributed by atoms with Gasteiger partial charge >= 0.3 is 0 Å². The van der Waals surface area contributed by atoms with Gasteiger partial charge in [0, 0.05) is 38.3 Å². The van der Waals surface area contributed by atoms with Crippen LogP contribution in [0.4, 0.5) is 5.69 Å². The lowest BCUT2D eigenvalue weighted by Crippen LogP contribution is -2.29. The fraction of sp³-hybridized carbons (Fsp3) is 0.462. The van der Waals surface area contributed by atoms with Gasteiger partial charge < -0.3 is 10.2 Å². The molecule has 3 nitrogen and oxygen atoms in total. The molecule has 0 radical (unpaired) electrons. The molecule has 16 heavy (non-hydrogen) atoms. The van der Waals surface area contributed by atoms with Gasteiger partial charge in [0.15, 0.2) is 0 Å². The Bertz CT molecular complexity index is 381. The molecule has 1 aliphatic heterocycles. The summed E-state index contributed by atoms with van der Waals surface area (Å²) < 4.78 is 0. The van der Waals surface area contributed by atoms with E-state index in [1.165, 1.54) is 11.3 Å². The highest BCUT2D eigenvalue weighted by Gasteiger charge is 2.13. The van der Waals surface area contributed by atoms with Crippen LogP contribution in [0.3, 0.4) is 0 Å². The number of nitrogens with zero attached hydrogens (tertiary/aromatic N) is 2. The van der Waals surface area contributed by atoms with Crippen LogP contribution in [0.25, 0.3) is 0 Å². The molecule has 0 amide bonds. The molecule has 1 heterocycles. The normalized spacial score (nSPS) is 15.1. The minimum Gasteiger partial charge on any atom is -0.370 e. The number of unbranched alkanes of at least 4 members (excludes halogenated alkanes) is 1. The second-order valence-corrected chi connectivity index (χ2v) is 4.05. The van der Waals surface area contributed by atoms with Crippen molar-refractivity contribution in [3.8, 4) is 6.07 Å². The van der Waals surface area contributed by atoms with E-state index in [0.29, 0.717) is 6.42 Å². The van der Waals surface area contributed by atoms with Crippen molar-refractivity contribution in [2.24, 2.45) is 0 Å². The van der Waals surface area contributed by atoms with Gasteiger partial charge in [0.05, 0.1) is 6.07 Å². The molecule has 0 saturated carbocycles. The molecular weight excluding hydrogens is 198 g/mol. The van der Waals surface area contributed by atoms with Crippen LogP contribution in [-0.2, 0) is 6.54 Å². The number of hydrogen-bond donors (Lipinski definition) is 1. The second-order valence-electron chi connectivity index (χ2n) is 4.05. The Labute approximate surface area is 96.7 Å². The van der Waals surface area contributed by atoms with E-state index in [1.54, 1.807) is 0 Å². The van der Waals surface area contributed by atoms with Crippen molar-refractivity contribution in [3.05, 3.63) is 29.8 Å². The lowest BCUT2D eigenvalue weighted by atomic mass is 10.1. The van der Waals surface area contributed by atoms with Gasteiger partial charge in [-0.05, 0) is 18.1 Å². The fourth-order valence-corrected chi connectivity index (χ4v) is 2.11. The monoisotopic (exact) mass is 215 g/mol. The molecule has 1 aromatic carbocycles. The maximum Gasteiger partial charge on any atom is 0.0622 e. The molecule has 1 N–H and O–H groups in total. The van der Waals surface area contributed by atoms with E-state index in [1.807, 2.05) is 0 Å². The zero-order chi connectivity index (χ0) is 11.2. The van der Waals surface area contributed by atoms with E-state index in [4.69, 9.17) is 5.26 Å². The van der Waals surface area contributed by atoms with E-state index in [-0.39, 0.29) is 0 Å². The van der Waals surface area contributed by atoms with Gasteiger partial charge in [0.1, 0.15) is 0 Å². The van der Waals surface area contributed by atoms with Crippen LogP contribution in [0.5, 0.6) is 0 Å². The summed E-state index contributed by atoms with van der Waals surface area (Å²) >= 11 is 0. The summed E-state index contributed by atoms with van der Waals surface area (Å²) in [6, 6.07) is 10.7. The average Bonchev–Trinajstić information content (AvgIpc) is 2.52. The van der Waals surface area contributed by atoms with Crippen LogP contribution < -0.4 is 10.2 Å². The minimum absolute atomic E-state index is 0.645. The van der Waals surface area contributed by atoms with Crippen molar-refractivity contribution in [1.29, 1.82) is 5.26 Å². The summed E-state index contributed by atoms with van der Waals surface area (Å²) in [6.45, 7) is 3.97. The Morgan fingerprint density at radius 3 is 3.12 bits per heavy atom. The smallest absolute Gasteiger partial charge is 0.0622 e. The fourth-order valence-electron chi connectivity index (χ4n) is 2.11. The average molecular weight is 215 g/mol. The van der Waals surface area contributed by atoms with Crippen LogP contribution >= 0.6 is 0 Å². The predicted octanol–water partition coefficient (Wildman–Crippen LogP) is 1.90. The molecule has 0 unspecified atom stereocenters. The van der Waals surface area contributed by atoms with Crippen LogP contribution in [0.1, 0.15) is 18.4 Å². The summed E-state index contributed by atoms with van der Waals surface area (Å²) in [7, 11) is 0. The number of nitriles is 1. The first-order chi connectivity index (χ1) is 7.92. The highest BCUT2D eigenvalue weighted by Crippen LogP contribution is 2.22. The standard InChI is InChI=1S/C13H17N3/c14-7-3-4-9-16-10-8-15-11-12-5-1-2-6-13(12)16/h1-2,5-6,15H,3-4,8-11H2. The van der Waals surface area contributed by atoms with Gasteiger partial charge in [0.2, 0.25) is 0 Å². The Balaban J connectivity index is 2.10. The number of anilines is 1. The maximum absolute atomic E-state index is 8.57. The van der Waals surface area contributed by atoms with Crippen LogP contribution in [-0.4, -0.2) is 19.6 Å². The predicted molar refractivity (Wildman–Crippen MR) is 65.2 cm³/mol. The van der Waals surface area contributed by atoms with Gasteiger partial charge in [-0.2, -0.15) is 5.26 Å². The van der Waals surface area contributed by atoms with Gasteiger partial charge in [-0.3, -0.25) is 0 Å². The molecular formula is C13H17N3. The third-order valence-electron chi connectivity index (χ3n) is 2.92. The molecule has 2 rings (SSSR count). The Kier molecular flexibility index (Phi) is 3.79. The second kappa shape index (κ2) is 5.53. The van der Waals surface area contributed by atoms with E-state index in [2.05, 4.69) is 40.6 Å². The van der Waals surface area contributed by atoms with E-state index >= 15 is 0 Å². The molecule has 1 aromatic rings. The summed E-state index contributed by atoms with van der Waals surface area (Å²) in [5.41, 5.74) is 2.68. The molecule has 3 heteroatoms. The van der Waals surface area contributed by atoms with Gasteiger partial charge in [-0.1, -0.05) is 18.2 Å². The molecule has 0 spiro atoms. The van der Waals surface area contributed by atoms with E-state index < -0.39 is 0 Å². The van der Waals surface area contributed by atoms with Gasteiger partial charge in [-0.25, -0.2) is 0 Å². The lowest BCUT2D eigenvalue weighted by Gasteiger charge is -2.24. The minimum atomic E-state index is 0.645. The SMILES string of the molecule is N#CCCCN1CCNCc2ccccc21. The number of benzene rings is 1. The largest absolute Gasteiger partial charge is 0.370 e. The molecule has 0 bridgehead atoms. The third-order valence-corrected chi connectivity index (χ3v) is 2.92. The van der Waals surface area contributed by atoms with Crippen molar-refractivity contribution < 1.29 is 0 Å². The summed E-state index contributed by atoms with van der Waals surface area (Å²) in [5.74, 6) is 0. The lowest BCUT2D eigenvalue weighted by molar-refractivity contribution is 0.677. The van der Waals surface area contributed by atoms with Crippen molar-refractivity contribution >= 4 is 5.69 Å². The molecule has 84 valence electrons. The number of nitrogens with one attached hydrogen (secondary N) is 1. The van der Waals surface area contributed by atoms with Crippen molar-refractivity contribution in [1.82, 2.24) is 5.32 Å². The first-order valence-electron chi connectivity index (χ1n) is 5.82. The number of rotatable bonds is 3. The number of hydrogen-bond acceptors (Lipinski definition) is 3. The van der Waals surface area contributed by atoms with Gasteiger partial charge in [-0.15, -0.1) is 0 Å². The Morgan fingerprint density at radius 1 is 1.38 bits per heavy atom. The van der Waals surface area contributed by atoms with Crippen molar-refractivity contribution in [2.75, 3.05) is 24.5 Å². The highest BCUT2D eigenvalue weighted by molar-refractivity contribution is 5.54. The molecule has 0 aromatic heterocycles. The van der Waals surface area contributed by atoms with Crippen molar-refractivity contribution in [3.63, 3.8) is 0 Å². The van der Waals surface area contributed by atoms with Crippen LogP contribution in [0.15, 0.2) is 24.3 Å².